The summed E-state index contributed by atoms with van der Waals surface area (Å²) < 4.78 is 12.2. The number of halogens is 1. The number of carbonyl (C=O) groups excluding carboxylic acids is 2. The molecule has 30 heavy (non-hydrogen) atoms. The first kappa shape index (κ1) is 21.4. The van der Waals surface area contributed by atoms with Gasteiger partial charge in [-0.05, 0) is 43.2 Å². The molecule has 1 aromatic rings. The molecule has 0 aromatic heterocycles. The predicted octanol–water partition coefficient (Wildman–Crippen LogP) is 4.99. The lowest BCUT2D eigenvalue weighted by atomic mass is 9.67. The summed E-state index contributed by atoms with van der Waals surface area (Å²) >= 11 is 3.63. The van der Waals surface area contributed by atoms with Gasteiger partial charge in [0, 0.05) is 40.4 Å². The molecule has 4 rings (SSSR count). The molecule has 0 N–H and O–H groups in total. The normalized spacial score (nSPS) is 28.2. The van der Waals surface area contributed by atoms with Crippen molar-refractivity contribution in [2.45, 2.75) is 58.5 Å². The Hall–Kier alpha value is -1.79. The maximum atomic E-state index is 13.3. The molecule has 1 fully saturated rings. The third-order valence-electron chi connectivity index (χ3n) is 6.23. The lowest BCUT2D eigenvalue weighted by Gasteiger charge is -2.39. The van der Waals surface area contributed by atoms with Crippen molar-refractivity contribution in [1.29, 1.82) is 0 Å². The number of ether oxygens (including phenoxy) is 2. The number of rotatable bonds is 4. The Morgan fingerprint density at radius 3 is 2.77 bits per heavy atom. The van der Waals surface area contributed by atoms with Crippen LogP contribution in [0, 0.1) is 11.3 Å². The lowest BCUT2D eigenvalue weighted by Crippen LogP contribution is -2.40. The lowest BCUT2D eigenvalue weighted by molar-refractivity contribution is -0.149. The summed E-state index contributed by atoms with van der Waals surface area (Å²) in [6, 6.07) is 7.80. The summed E-state index contributed by atoms with van der Waals surface area (Å²) in [6.45, 7) is 7.02. The van der Waals surface area contributed by atoms with Crippen LogP contribution in [0.25, 0.3) is 0 Å². The monoisotopic (exact) mass is 473 g/mol. The first-order valence-corrected chi connectivity index (χ1v) is 11.4. The average molecular weight is 474 g/mol. The highest BCUT2D eigenvalue weighted by atomic mass is 79.9. The van der Waals surface area contributed by atoms with Gasteiger partial charge in [0.1, 0.15) is 12.5 Å². The van der Waals surface area contributed by atoms with E-state index in [0.717, 1.165) is 35.0 Å². The van der Waals surface area contributed by atoms with Gasteiger partial charge in [0.25, 0.3) is 0 Å². The average Bonchev–Trinajstić information content (AvgIpc) is 3.18. The largest absolute Gasteiger partial charge is 0.462 e. The molecule has 1 saturated heterocycles. The van der Waals surface area contributed by atoms with E-state index in [2.05, 4.69) is 29.8 Å². The van der Waals surface area contributed by atoms with E-state index < -0.39 is 11.8 Å². The number of carbonyl (C=O) groups is 2. The van der Waals surface area contributed by atoms with Gasteiger partial charge >= 0.3 is 5.97 Å². The molecule has 0 spiro atoms. The number of allylic oxidation sites excluding steroid dienone is 2. The molecular weight excluding hydrogens is 446 g/mol. The van der Waals surface area contributed by atoms with Crippen molar-refractivity contribution in [3.05, 3.63) is 45.6 Å². The highest BCUT2D eigenvalue weighted by molar-refractivity contribution is 9.10. The van der Waals surface area contributed by atoms with Crippen molar-refractivity contribution in [2.24, 2.45) is 16.3 Å². The molecule has 3 aliphatic rings. The minimum atomic E-state index is -0.617. The molecule has 3 atom stereocenters. The van der Waals surface area contributed by atoms with Gasteiger partial charge < -0.3 is 9.47 Å². The molecule has 0 saturated carbocycles. The number of ketones is 1. The van der Waals surface area contributed by atoms with Crippen LogP contribution in [0.2, 0.25) is 0 Å². The highest BCUT2D eigenvalue weighted by Crippen LogP contribution is 2.49. The summed E-state index contributed by atoms with van der Waals surface area (Å²) in [5.74, 6) is -1.27. The number of benzene rings is 1. The molecule has 5 nitrogen and oxygen atoms in total. The molecule has 0 bridgehead atoms. The van der Waals surface area contributed by atoms with Crippen molar-refractivity contribution in [2.75, 3.05) is 13.2 Å². The zero-order chi connectivity index (χ0) is 21.5. The molecule has 2 heterocycles. The van der Waals surface area contributed by atoms with E-state index in [1.807, 2.05) is 31.2 Å². The second-order valence-corrected chi connectivity index (χ2v) is 10.2. The van der Waals surface area contributed by atoms with Crippen LogP contribution in [0.5, 0.6) is 0 Å². The number of aliphatic imine (C=N–C) groups is 1. The third kappa shape index (κ3) is 4.17. The predicted molar refractivity (Wildman–Crippen MR) is 118 cm³/mol. The highest BCUT2D eigenvalue weighted by Gasteiger charge is 2.46. The number of esters is 1. The van der Waals surface area contributed by atoms with E-state index in [1.165, 1.54) is 0 Å². The van der Waals surface area contributed by atoms with Gasteiger partial charge in [-0.15, -0.1) is 0 Å². The second-order valence-electron chi connectivity index (χ2n) is 9.30. The fraction of sp³-hybridized carbons (Fsp3) is 0.542. The van der Waals surface area contributed by atoms with Gasteiger partial charge in [0.05, 0.1) is 6.10 Å². The summed E-state index contributed by atoms with van der Waals surface area (Å²) in [4.78, 5) is 31.3. The van der Waals surface area contributed by atoms with Crippen LogP contribution in [-0.2, 0) is 19.1 Å². The molecule has 1 aliphatic carbocycles. The van der Waals surface area contributed by atoms with Crippen molar-refractivity contribution in [1.82, 2.24) is 0 Å². The minimum absolute atomic E-state index is 0.0383. The first-order valence-electron chi connectivity index (χ1n) is 10.6. The van der Waals surface area contributed by atoms with Crippen LogP contribution in [0.1, 0.15) is 57.9 Å². The molecule has 160 valence electrons. The number of nitrogens with zero attached hydrogens (tertiary/aromatic N) is 1. The van der Waals surface area contributed by atoms with Gasteiger partial charge in [-0.1, -0.05) is 48.0 Å². The Labute approximate surface area is 186 Å². The molecule has 1 unspecified atom stereocenters. The molecular formula is C24H28BrNO4. The second kappa shape index (κ2) is 8.39. The zero-order valence-electron chi connectivity index (χ0n) is 17.7. The van der Waals surface area contributed by atoms with Crippen LogP contribution in [0.3, 0.4) is 0 Å². The molecule has 6 heteroatoms. The minimum Gasteiger partial charge on any atom is -0.462 e. The Morgan fingerprint density at radius 2 is 2.07 bits per heavy atom. The van der Waals surface area contributed by atoms with Crippen LogP contribution >= 0.6 is 15.9 Å². The fourth-order valence-corrected chi connectivity index (χ4v) is 5.39. The topological polar surface area (TPSA) is 65.0 Å². The van der Waals surface area contributed by atoms with E-state index in [-0.39, 0.29) is 29.9 Å². The SMILES string of the molecule is CC1=NC2=C(C(=O)CC(C)(C)C2)[C@H](c2ccccc2Br)C1C(=O)OC[C@@H]1CCCO1. The van der Waals surface area contributed by atoms with Gasteiger partial charge in [0.15, 0.2) is 5.78 Å². The number of hydrogen-bond acceptors (Lipinski definition) is 5. The van der Waals surface area contributed by atoms with E-state index in [1.54, 1.807) is 0 Å². The third-order valence-corrected chi connectivity index (χ3v) is 6.95. The summed E-state index contributed by atoms with van der Waals surface area (Å²) in [6.07, 6.45) is 3.04. The van der Waals surface area contributed by atoms with Crippen molar-refractivity contribution in [3.63, 3.8) is 0 Å². The maximum absolute atomic E-state index is 13.3. The van der Waals surface area contributed by atoms with Crippen LogP contribution < -0.4 is 0 Å². The van der Waals surface area contributed by atoms with E-state index in [0.29, 0.717) is 24.3 Å². The van der Waals surface area contributed by atoms with E-state index in [9.17, 15) is 9.59 Å². The zero-order valence-corrected chi connectivity index (χ0v) is 19.3. The van der Waals surface area contributed by atoms with Crippen LogP contribution in [0.15, 0.2) is 45.0 Å². The van der Waals surface area contributed by atoms with Crippen molar-refractivity contribution >= 4 is 33.4 Å². The Bertz CT molecular complexity index is 927. The number of hydrogen-bond donors (Lipinski definition) is 0. The van der Waals surface area contributed by atoms with Crippen molar-refractivity contribution in [3.8, 4) is 0 Å². The van der Waals surface area contributed by atoms with E-state index in [4.69, 9.17) is 14.5 Å². The number of Topliss-reactive ketones (excluding diaryl/α,β-unsaturated/α-hetero) is 1. The first-order chi connectivity index (χ1) is 14.3. The quantitative estimate of drug-likeness (QED) is 0.577. The molecule has 1 aromatic carbocycles. The Morgan fingerprint density at radius 1 is 1.30 bits per heavy atom. The van der Waals surface area contributed by atoms with Gasteiger partial charge in [0.2, 0.25) is 0 Å². The summed E-state index contributed by atoms with van der Waals surface area (Å²) in [5, 5.41) is 0. The van der Waals surface area contributed by atoms with Crippen LogP contribution in [0.4, 0.5) is 0 Å². The van der Waals surface area contributed by atoms with Gasteiger partial charge in [-0.3, -0.25) is 14.6 Å². The van der Waals surface area contributed by atoms with E-state index >= 15 is 0 Å². The van der Waals surface area contributed by atoms with Crippen molar-refractivity contribution < 1.29 is 19.1 Å². The van der Waals surface area contributed by atoms with Gasteiger partial charge in [-0.25, -0.2) is 0 Å². The molecule has 0 amide bonds. The standard InChI is InChI=1S/C24H28BrNO4/c1-14-20(23(28)30-13-15-7-6-10-29-15)21(16-8-4-5-9-17(16)25)22-18(26-14)11-24(2,3)12-19(22)27/h4-5,8-9,15,20-21H,6-7,10-13H2,1-3H3/t15-,20?,21+/m0/s1. The summed E-state index contributed by atoms with van der Waals surface area (Å²) in [5.41, 5.74) is 2.98. The Kier molecular flexibility index (Phi) is 5.99. The Balaban J connectivity index is 1.73. The fourth-order valence-electron chi connectivity index (χ4n) is 4.85. The summed E-state index contributed by atoms with van der Waals surface area (Å²) in [7, 11) is 0. The smallest absolute Gasteiger partial charge is 0.315 e. The van der Waals surface area contributed by atoms with Crippen LogP contribution in [-0.4, -0.2) is 36.8 Å². The van der Waals surface area contributed by atoms with Gasteiger partial charge in [-0.2, -0.15) is 0 Å². The molecule has 0 radical (unpaired) electrons. The molecule has 2 aliphatic heterocycles. The maximum Gasteiger partial charge on any atom is 0.315 e.